The van der Waals surface area contributed by atoms with Gasteiger partial charge >= 0.3 is 12.1 Å². The van der Waals surface area contributed by atoms with E-state index in [1.54, 1.807) is 13.0 Å². The summed E-state index contributed by atoms with van der Waals surface area (Å²) in [5.74, 6) is -1.48. The molecule has 0 saturated carbocycles. The highest BCUT2D eigenvalue weighted by atomic mass is 35.5. The third-order valence-corrected chi connectivity index (χ3v) is 5.63. The van der Waals surface area contributed by atoms with Gasteiger partial charge in [-0.05, 0) is 42.8 Å². The molecule has 0 unspecified atom stereocenters. The summed E-state index contributed by atoms with van der Waals surface area (Å²) in [6.45, 7) is 0.833. The average molecular weight is 479 g/mol. The summed E-state index contributed by atoms with van der Waals surface area (Å²) in [4.78, 5) is 24.2. The number of nitrogens with zero attached hydrogens (tertiary/aromatic N) is 1. The summed E-state index contributed by atoms with van der Waals surface area (Å²) in [7, 11) is -2.94. The maximum atomic E-state index is 13.1. The Hall–Kier alpha value is -2.79. The molecule has 0 spiro atoms. The predicted octanol–water partition coefficient (Wildman–Crippen LogP) is 3.86. The molecule has 1 N–H and O–H groups in total. The molecule has 0 atom stereocenters. The van der Waals surface area contributed by atoms with Crippen LogP contribution in [-0.4, -0.2) is 40.2 Å². The van der Waals surface area contributed by atoms with E-state index in [2.05, 4.69) is 10.1 Å². The van der Waals surface area contributed by atoms with E-state index in [0.29, 0.717) is 15.9 Å². The van der Waals surface area contributed by atoms with Crippen LogP contribution < -0.4 is 9.62 Å². The first-order valence-electron chi connectivity index (χ1n) is 8.57. The number of carbonyl (C=O) groups excluding carboxylic acids is 2. The van der Waals surface area contributed by atoms with Gasteiger partial charge in [0.1, 0.15) is 6.54 Å². The molecule has 0 aliphatic rings. The molecule has 0 aromatic heterocycles. The zero-order chi connectivity index (χ0) is 23.6. The van der Waals surface area contributed by atoms with E-state index in [0.717, 1.165) is 18.4 Å². The minimum absolute atomic E-state index is 0.149. The minimum Gasteiger partial charge on any atom is -0.465 e. The minimum atomic E-state index is -4.82. The van der Waals surface area contributed by atoms with Gasteiger partial charge in [0.15, 0.2) is 0 Å². The molecule has 12 heteroatoms. The standard InChI is InChI=1S/C19H18ClF3N2O5S/c1-11-4-5-12(18(27)30-2)8-16(11)24-17(26)10-25(31(3,28)29)13-6-7-15(20)14(9-13)19(21,22)23/h4-9H,10H2,1-3H3,(H,24,26). The Morgan fingerprint density at radius 2 is 1.81 bits per heavy atom. The van der Waals surface area contributed by atoms with Crippen molar-refractivity contribution >= 4 is 44.9 Å². The molecule has 0 bridgehead atoms. The average Bonchev–Trinajstić information content (AvgIpc) is 2.66. The zero-order valence-electron chi connectivity index (χ0n) is 16.6. The molecule has 168 valence electrons. The number of anilines is 2. The number of aryl methyl sites for hydroxylation is 1. The zero-order valence-corrected chi connectivity index (χ0v) is 18.2. The molecule has 0 radical (unpaired) electrons. The number of amides is 1. The highest BCUT2D eigenvalue weighted by Crippen LogP contribution is 2.37. The number of alkyl halides is 3. The number of esters is 1. The summed E-state index contributed by atoms with van der Waals surface area (Å²) in [6, 6.07) is 6.89. The summed E-state index contributed by atoms with van der Waals surface area (Å²) in [6.07, 6.45) is -4.06. The number of hydrogen-bond donors (Lipinski definition) is 1. The topological polar surface area (TPSA) is 92.8 Å². The lowest BCUT2D eigenvalue weighted by Gasteiger charge is -2.23. The maximum Gasteiger partial charge on any atom is 0.417 e. The van der Waals surface area contributed by atoms with Crippen LogP contribution in [0.5, 0.6) is 0 Å². The van der Waals surface area contributed by atoms with Gasteiger partial charge in [-0.3, -0.25) is 9.10 Å². The van der Waals surface area contributed by atoms with E-state index in [-0.39, 0.29) is 16.9 Å². The van der Waals surface area contributed by atoms with Gasteiger partial charge < -0.3 is 10.1 Å². The summed E-state index contributed by atoms with van der Waals surface area (Å²) >= 11 is 5.58. The molecule has 2 aromatic carbocycles. The van der Waals surface area contributed by atoms with Gasteiger partial charge in [0.05, 0.1) is 35.2 Å². The molecule has 31 heavy (non-hydrogen) atoms. The number of sulfonamides is 1. The first kappa shape index (κ1) is 24.5. The van der Waals surface area contributed by atoms with Crippen LogP contribution >= 0.6 is 11.6 Å². The van der Waals surface area contributed by atoms with Crippen LogP contribution in [0.2, 0.25) is 5.02 Å². The Bertz CT molecular complexity index is 1120. The van der Waals surface area contributed by atoms with E-state index in [4.69, 9.17) is 11.6 Å². The first-order valence-corrected chi connectivity index (χ1v) is 10.8. The van der Waals surface area contributed by atoms with Crippen LogP contribution in [0.1, 0.15) is 21.5 Å². The van der Waals surface area contributed by atoms with Crippen molar-refractivity contribution in [2.24, 2.45) is 0 Å². The van der Waals surface area contributed by atoms with Crippen LogP contribution in [0.25, 0.3) is 0 Å². The fourth-order valence-corrected chi connectivity index (χ4v) is 3.68. The van der Waals surface area contributed by atoms with Crippen molar-refractivity contribution in [3.05, 3.63) is 58.1 Å². The molecule has 0 fully saturated rings. The number of nitrogens with one attached hydrogen (secondary N) is 1. The lowest BCUT2D eigenvalue weighted by molar-refractivity contribution is -0.137. The van der Waals surface area contributed by atoms with E-state index in [1.807, 2.05) is 0 Å². The van der Waals surface area contributed by atoms with Gasteiger partial charge in [0.2, 0.25) is 15.9 Å². The van der Waals surface area contributed by atoms with Gasteiger partial charge in [-0.2, -0.15) is 13.2 Å². The lowest BCUT2D eigenvalue weighted by Crippen LogP contribution is -2.37. The van der Waals surface area contributed by atoms with Crippen LogP contribution in [0.4, 0.5) is 24.5 Å². The smallest absolute Gasteiger partial charge is 0.417 e. The monoisotopic (exact) mass is 478 g/mol. The number of methoxy groups -OCH3 is 1. The van der Waals surface area contributed by atoms with Crippen LogP contribution in [0.3, 0.4) is 0 Å². The number of hydrogen-bond acceptors (Lipinski definition) is 5. The second kappa shape index (κ2) is 9.15. The number of rotatable bonds is 6. The Morgan fingerprint density at radius 1 is 1.16 bits per heavy atom. The van der Waals surface area contributed by atoms with Crippen molar-refractivity contribution < 1.29 is 35.9 Å². The van der Waals surface area contributed by atoms with E-state index < -0.39 is 45.2 Å². The third kappa shape index (κ3) is 6.11. The highest BCUT2D eigenvalue weighted by Gasteiger charge is 2.34. The molecule has 0 aliphatic heterocycles. The molecule has 2 aromatic rings. The van der Waals surface area contributed by atoms with E-state index in [1.165, 1.54) is 19.2 Å². The summed E-state index contributed by atoms with van der Waals surface area (Å²) in [5, 5.41) is 1.85. The fraction of sp³-hybridized carbons (Fsp3) is 0.263. The van der Waals surface area contributed by atoms with Gasteiger partial charge in [-0.15, -0.1) is 0 Å². The van der Waals surface area contributed by atoms with Gasteiger partial charge in [0, 0.05) is 5.69 Å². The summed E-state index contributed by atoms with van der Waals surface area (Å²) in [5.41, 5.74) is -0.682. The molecule has 0 heterocycles. The van der Waals surface area contributed by atoms with Crippen molar-refractivity contribution in [3.63, 3.8) is 0 Å². The Kier molecular flexibility index (Phi) is 7.22. The van der Waals surface area contributed by atoms with Gasteiger partial charge in [-0.1, -0.05) is 17.7 Å². The third-order valence-electron chi connectivity index (χ3n) is 4.16. The molecule has 2 rings (SSSR count). The van der Waals surface area contributed by atoms with E-state index >= 15 is 0 Å². The quantitative estimate of drug-likeness (QED) is 0.636. The Morgan fingerprint density at radius 3 is 2.35 bits per heavy atom. The van der Waals surface area contributed by atoms with E-state index in [9.17, 15) is 31.2 Å². The van der Waals surface area contributed by atoms with Crippen molar-refractivity contribution in [2.45, 2.75) is 13.1 Å². The Labute approximate surface area is 181 Å². The molecule has 1 amide bonds. The highest BCUT2D eigenvalue weighted by molar-refractivity contribution is 7.92. The van der Waals surface area contributed by atoms with Crippen molar-refractivity contribution in [3.8, 4) is 0 Å². The van der Waals surface area contributed by atoms with Gasteiger partial charge in [0.25, 0.3) is 0 Å². The first-order chi connectivity index (χ1) is 14.2. The molecule has 0 saturated heterocycles. The van der Waals surface area contributed by atoms with Crippen LogP contribution in [-0.2, 0) is 25.7 Å². The Balaban J connectivity index is 2.35. The second-order valence-corrected chi connectivity index (χ2v) is 8.82. The van der Waals surface area contributed by atoms with Crippen LogP contribution in [0.15, 0.2) is 36.4 Å². The lowest BCUT2D eigenvalue weighted by atomic mass is 10.1. The fourth-order valence-electron chi connectivity index (χ4n) is 2.61. The second-order valence-electron chi connectivity index (χ2n) is 6.50. The number of benzene rings is 2. The molecule has 0 aliphatic carbocycles. The number of ether oxygens (including phenoxy) is 1. The molecular weight excluding hydrogens is 461 g/mol. The normalized spacial score (nSPS) is 11.7. The summed E-state index contributed by atoms with van der Waals surface area (Å²) < 4.78 is 68.9. The van der Waals surface area contributed by atoms with Crippen molar-refractivity contribution in [1.29, 1.82) is 0 Å². The molecular formula is C19H18ClF3N2O5S. The number of carbonyl (C=O) groups is 2. The predicted molar refractivity (Wildman–Crippen MR) is 110 cm³/mol. The molecule has 7 nitrogen and oxygen atoms in total. The van der Waals surface area contributed by atoms with Gasteiger partial charge in [-0.25, -0.2) is 13.2 Å². The SMILES string of the molecule is COC(=O)c1ccc(C)c(NC(=O)CN(c2ccc(Cl)c(C(F)(F)F)c2)S(C)(=O)=O)c1. The largest absolute Gasteiger partial charge is 0.465 e. The van der Waals surface area contributed by atoms with Crippen molar-refractivity contribution in [2.75, 3.05) is 29.5 Å². The van der Waals surface area contributed by atoms with Crippen LogP contribution in [0, 0.1) is 6.92 Å². The number of halogens is 4. The van der Waals surface area contributed by atoms with Crippen molar-refractivity contribution in [1.82, 2.24) is 0 Å². The maximum absolute atomic E-state index is 13.1.